The molecule has 0 saturated heterocycles. The molecule has 2 aromatic carbocycles. The molecule has 6 heteroatoms. The second-order valence-electron chi connectivity index (χ2n) is 5.46. The van der Waals surface area contributed by atoms with Crippen molar-refractivity contribution in [3.8, 4) is 0 Å². The fourth-order valence-corrected chi connectivity index (χ4v) is 2.50. The van der Waals surface area contributed by atoms with Gasteiger partial charge in [-0.15, -0.1) is 0 Å². The lowest BCUT2D eigenvalue weighted by Crippen LogP contribution is -2.52. The fraction of sp³-hybridized carbons (Fsp3) is 0.263. The van der Waals surface area contributed by atoms with Gasteiger partial charge in [0.25, 0.3) is 5.91 Å². The second kappa shape index (κ2) is 9.56. The number of aliphatic hydroxyl groups excluding tert-OH is 1. The minimum atomic E-state index is -1.25. The van der Waals surface area contributed by atoms with Gasteiger partial charge in [-0.2, -0.15) is 0 Å². The van der Waals surface area contributed by atoms with Gasteiger partial charge in [0.1, 0.15) is 6.04 Å². The number of carbonyl (C=O) groups is 2. The van der Waals surface area contributed by atoms with Gasteiger partial charge in [0.2, 0.25) is 5.91 Å². The highest BCUT2D eigenvalue weighted by Gasteiger charge is 2.30. The van der Waals surface area contributed by atoms with E-state index in [1.165, 1.54) is 12.4 Å². The van der Waals surface area contributed by atoms with Crippen LogP contribution in [0.25, 0.3) is 0 Å². The van der Waals surface area contributed by atoms with E-state index in [1.807, 2.05) is 60.7 Å². The van der Waals surface area contributed by atoms with Crippen molar-refractivity contribution < 1.29 is 19.9 Å². The van der Waals surface area contributed by atoms with Crippen molar-refractivity contribution in [3.63, 3.8) is 0 Å². The van der Waals surface area contributed by atoms with E-state index in [9.17, 15) is 14.7 Å². The number of hydrogen-bond donors (Lipinski definition) is 4. The highest BCUT2D eigenvalue weighted by atomic mass is 16.5. The van der Waals surface area contributed by atoms with E-state index in [2.05, 4.69) is 5.32 Å². The van der Waals surface area contributed by atoms with Crippen LogP contribution in [0.2, 0.25) is 0 Å². The van der Waals surface area contributed by atoms with Crippen LogP contribution in [0.3, 0.4) is 0 Å². The van der Waals surface area contributed by atoms with Crippen LogP contribution in [-0.2, 0) is 9.59 Å². The minimum absolute atomic E-state index is 0. The van der Waals surface area contributed by atoms with E-state index in [-0.39, 0.29) is 7.43 Å². The number of hydrogen-bond acceptors (Lipinski definition) is 4. The molecule has 0 spiro atoms. The Kier molecular flexibility index (Phi) is 7.78. The molecular formula is C19H24N2O4. The Morgan fingerprint density at radius 3 is 1.68 bits per heavy atom. The van der Waals surface area contributed by atoms with Crippen LogP contribution < -0.4 is 10.8 Å². The maximum absolute atomic E-state index is 12.8. The molecule has 4 N–H and O–H groups in total. The van der Waals surface area contributed by atoms with Crippen molar-refractivity contribution in [2.45, 2.75) is 32.4 Å². The van der Waals surface area contributed by atoms with Crippen LogP contribution >= 0.6 is 0 Å². The summed E-state index contributed by atoms with van der Waals surface area (Å²) in [5.41, 5.74) is 2.98. The number of hydroxylamine groups is 1. The topological polar surface area (TPSA) is 98.7 Å². The summed E-state index contributed by atoms with van der Waals surface area (Å²) in [5, 5.41) is 21.0. The monoisotopic (exact) mass is 344 g/mol. The number of nitrogens with one attached hydrogen (secondary N) is 2. The molecule has 2 rings (SSSR count). The van der Waals surface area contributed by atoms with E-state index < -0.39 is 29.9 Å². The molecule has 0 bridgehead atoms. The lowest BCUT2D eigenvalue weighted by atomic mass is 9.90. The van der Waals surface area contributed by atoms with E-state index >= 15 is 0 Å². The first-order valence-electron chi connectivity index (χ1n) is 7.57. The van der Waals surface area contributed by atoms with Gasteiger partial charge in [-0.25, -0.2) is 5.48 Å². The standard InChI is InChI=1S/C18H20N2O4.CH4/c1-12(21)16(18(23)20-24)19-17(22)15(13-8-4-2-5-9-13)14-10-6-3-7-11-14;/h2-12,15-16,21,24H,1H3,(H,19,22)(H,20,23);1H4/t12-,16+;/m1./s1. The highest BCUT2D eigenvalue weighted by molar-refractivity contribution is 5.92. The predicted octanol–water partition coefficient (Wildman–Crippen LogP) is 1.83. The summed E-state index contributed by atoms with van der Waals surface area (Å²) in [6.45, 7) is 1.36. The third-order valence-corrected chi connectivity index (χ3v) is 3.70. The van der Waals surface area contributed by atoms with Crippen molar-refractivity contribution in [1.82, 2.24) is 10.8 Å². The second-order valence-corrected chi connectivity index (χ2v) is 5.46. The molecule has 0 saturated carbocycles. The normalized spacial score (nSPS) is 12.6. The minimum Gasteiger partial charge on any atom is -0.391 e. The molecule has 2 aromatic rings. The SMILES string of the molecule is C.C[C@@H](O)[C@H](NC(=O)C(c1ccccc1)c1ccccc1)C(=O)NO. The van der Waals surface area contributed by atoms with E-state index in [1.54, 1.807) is 0 Å². The van der Waals surface area contributed by atoms with Gasteiger partial charge in [-0.1, -0.05) is 68.1 Å². The van der Waals surface area contributed by atoms with Gasteiger partial charge in [-0.3, -0.25) is 14.8 Å². The van der Waals surface area contributed by atoms with E-state index in [0.29, 0.717) is 0 Å². The van der Waals surface area contributed by atoms with Gasteiger partial charge in [-0.05, 0) is 18.1 Å². The molecule has 25 heavy (non-hydrogen) atoms. The van der Waals surface area contributed by atoms with Crippen molar-refractivity contribution in [2.24, 2.45) is 0 Å². The van der Waals surface area contributed by atoms with E-state index in [4.69, 9.17) is 5.21 Å². The van der Waals surface area contributed by atoms with Crippen LogP contribution in [0.1, 0.15) is 31.4 Å². The number of aliphatic hydroxyl groups is 1. The quantitative estimate of drug-likeness (QED) is 0.474. The Hall–Kier alpha value is -2.70. The molecule has 2 atom stereocenters. The molecule has 0 aliphatic heterocycles. The Morgan fingerprint density at radius 2 is 1.32 bits per heavy atom. The Bertz CT molecular complexity index is 635. The summed E-state index contributed by atoms with van der Waals surface area (Å²) in [4.78, 5) is 24.4. The van der Waals surface area contributed by atoms with Crippen LogP contribution in [0.5, 0.6) is 0 Å². The Morgan fingerprint density at radius 1 is 0.880 bits per heavy atom. The van der Waals surface area contributed by atoms with Gasteiger partial charge in [0.15, 0.2) is 0 Å². The maximum atomic E-state index is 12.8. The summed E-state index contributed by atoms with van der Waals surface area (Å²) in [5.74, 6) is -1.96. The van der Waals surface area contributed by atoms with Crippen molar-refractivity contribution in [2.75, 3.05) is 0 Å². The third kappa shape index (κ3) is 5.14. The fourth-order valence-electron chi connectivity index (χ4n) is 2.50. The number of rotatable bonds is 6. The highest BCUT2D eigenvalue weighted by Crippen LogP contribution is 2.25. The number of amides is 2. The largest absolute Gasteiger partial charge is 0.391 e. The lowest BCUT2D eigenvalue weighted by Gasteiger charge is -2.23. The van der Waals surface area contributed by atoms with Crippen molar-refractivity contribution in [3.05, 3.63) is 71.8 Å². The lowest BCUT2D eigenvalue weighted by molar-refractivity contribution is -0.137. The zero-order chi connectivity index (χ0) is 17.5. The summed E-state index contributed by atoms with van der Waals surface area (Å²) in [7, 11) is 0. The van der Waals surface area contributed by atoms with Crippen LogP contribution in [0.15, 0.2) is 60.7 Å². The van der Waals surface area contributed by atoms with Gasteiger partial charge >= 0.3 is 0 Å². The summed E-state index contributed by atoms with van der Waals surface area (Å²) in [6.07, 6.45) is -1.16. The Labute approximate surface area is 147 Å². The summed E-state index contributed by atoms with van der Waals surface area (Å²) >= 11 is 0. The van der Waals surface area contributed by atoms with Crippen LogP contribution in [0, 0.1) is 0 Å². The first-order valence-corrected chi connectivity index (χ1v) is 7.57. The Balaban J connectivity index is 0.00000312. The van der Waals surface area contributed by atoms with Crippen LogP contribution in [0.4, 0.5) is 0 Å². The number of benzene rings is 2. The first kappa shape index (κ1) is 20.3. The zero-order valence-electron chi connectivity index (χ0n) is 13.2. The molecule has 6 nitrogen and oxygen atoms in total. The first-order chi connectivity index (χ1) is 11.5. The van der Waals surface area contributed by atoms with Gasteiger partial charge < -0.3 is 10.4 Å². The molecule has 0 aliphatic carbocycles. The van der Waals surface area contributed by atoms with Crippen LogP contribution in [-0.4, -0.2) is 34.3 Å². The van der Waals surface area contributed by atoms with E-state index in [0.717, 1.165) is 11.1 Å². The van der Waals surface area contributed by atoms with Gasteiger partial charge in [0, 0.05) is 0 Å². The average molecular weight is 344 g/mol. The summed E-state index contributed by atoms with van der Waals surface area (Å²) < 4.78 is 0. The molecule has 2 amide bonds. The smallest absolute Gasteiger partial charge is 0.268 e. The summed E-state index contributed by atoms with van der Waals surface area (Å²) in [6, 6.07) is 17.0. The predicted molar refractivity (Wildman–Crippen MR) is 95.0 cm³/mol. The zero-order valence-corrected chi connectivity index (χ0v) is 13.2. The molecule has 0 aromatic heterocycles. The average Bonchev–Trinajstić information content (AvgIpc) is 2.61. The molecular weight excluding hydrogens is 320 g/mol. The molecule has 0 fully saturated rings. The molecule has 0 radical (unpaired) electrons. The molecule has 0 heterocycles. The van der Waals surface area contributed by atoms with Gasteiger partial charge in [0.05, 0.1) is 12.0 Å². The van der Waals surface area contributed by atoms with Crippen molar-refractivity contribution >= 4 is 11.8 Å². The number of carbonyl (C=O) groups excluding carboxylic acids is 2. The maximum Gasteiger partial charge on any atom is 0.268 e. The molecule has 134 valence electrons. The third-order valence-electron chi connectivity index (χ3n) is 3.70. The molecule has 0 aliphatic rings. The van der Waals surface area contributed by atoms with Crippen molar-refractivity contribution in [1.29, 1.82) is 0 Å². The molecule has 0 unspecified atom stereocenters.